The van der Waals surface area contributed by atoms with Crippen molar-refractivity contribution >= 4 is 25.0 Å². The maximum Gasteiger partial charge on any atom is 0.475 e. The molecule has 0 aliphatic carbocycles. The van der Waals surface area contributed by atoms with E-state index in [4.69, 9.17) is 4.74 Å². The fourth-order valence-corrected chi connectivity index (χ4v) is 4.15. The van der Waals surface area contributed by atoms with Gasteiger partial charge in [-0.2, -0.15) is 0 Å². The third-order valence-electron chi connectivity index (χ3n) is 5.78. The summed E-state index contributed by atoms with van der Waals surface area (Å²) in [5, 5.41) is 24.7. The average molecular weight is 475 g/mol. The molecule has 2 rings (SSSR count). The summed E-state index contributed by atoms with van der Waals surface area (Å²) in [5.41, 5.74) is 0.830. The summed E-state index contributed by atoms with van der Waals surface area (Å²) in [6, 6.07) is 7.53. The summed E-state index contributed by atoms with van der Waals surface area (Å²) in [6.07, 6.45) is 1.22. The van der Waals surface area contributed by atoms with Crippen LogP contribution in [0.2, 0.25) is 0 Å². The van der Waals surface area contributed by atoms with E-state index in [9.17, 15) is 24.4 Å². The molecule has 1 aromatic rings. The maximum absolute atomic E-state index is 13.2. The van der Waals surface area contributed by atoms with Gasteiger partial charge in [0.15, 0.2) is 0 Å². The van der Waals surface area contributed by atoms with Crippen molar-refractivity contribution in [2.75, 3.05) is 6.54 Å². The van der Waals surface area contributed by atoms with Gasteiger partial charge in [-0.15, -0.1) is 0 Å². The largest absolute Gasteiger partial charge is 0.475 e. The second kappa shape index (κ2) is 13.3. The van der Waals surface area contributed by atoms with Crippen molar-refractivity contribution in [3.05, 3.63) is 35.9 Å². The van der Waals surface area contributed by atoms with Crippen molar-refractivity contribution in [3.8, 4) is 0 Å². The number of hydrogen-bond donors (Lipinski definition) is 4. The lowest BCUT2D eigenvalue weighted by atomic mass is 9.77. The minimum Gasteiger partial charge on any atom is -0.445 e. The van der Waals surface area contributed by atoms with E-state index < -0.39 is 37.1 Å². The fourth-order valence-electron chi connectivity index (χ4n) is 4.15. The van der Waals surface area contributed by atoms with Gasteiger partial charge in [0.2, 0.25) is 11.8 Å². The Morgan fingerprint density at radius 2 is 1.65 bits per heavy atom. The quantitative estimate of drug-likeness (QED) is 0.362. The highest BCUT2D eigenvalue weighted by Crippen LogP contribution is 2.21. The first-order valence-electron chi connectivity index (χ1n) is 12.0. The van der Waals surface area contributed by atoms with Gasteiger partial charge in [-0.05, 0) is 43.1 Å². The standard InChI is InChI=1S/C24H38BN3O6/c1-16(2)13-19(27-24(31)34-15-18-9-6-5-7-10-18)22(29)26-20(14-17(3)4)23(30)28-12-8-11-21(28)25(32)33/h5-7,9-10,16-17,19-21,32-33H,8,11-15H2,1-4H3,(H,26,29)(H,27,31)/t19-,20-,21-/m0/s1. The highest BCUT2D eigenvalue weighted by Gasteiger charge is 2.40. The van der Waals surface area contributed by atoms with Gasteiger partial charge in [-0.1, -0.05) is 58.0 Å². The molecule has 9 nitrogen and oxygen atoms in total. The monoisotopic (exact) mass is 475 g/mol. The van der Waals surface area contributed by atoms with Gasteiger partial charge in [0.1, 0.15) is 18.7 Å². The van der Waals surface area contributed by atoms with Gasteiger partial charge >= 0.3 is 13.2 Å². The summed E-state index contributed by atoms with van der Waals surface area (Å²) < 4.78 is 5.27. The smallest absolute Gasteiger partial charge is 0.445 e. The summed E-state index contributed by atoms with van der Waals surface area (Å²) in [7, 11) is -1.63. The average Bonchev–Trinajstić information content (AvgIpc) is 3.26. The van der Waals surface area contributed by atoms with Crippen LogP contribution in [-0.2, 0) is 20.9 Å². The molecule has 0 saturated carbocycles. The van der Waals surface area contributed by atoms with Crippen LogP contribution in [0.25, 0.3) is 0 Å². The number of alkyl carbamates (subject to hydrolysis) is 1. The molecular formula is C24H38BN3O6. The van der Waals surface area contributed by atoms with Crippen molar-refractivity contribution in [2.45, 2.75) is 78.0 Å². The zero-order valence-electron chi connectivity index (χ0n) is 20.6. The lowest BCUT2D eigenvalue weighted by Crippen LogP contribution is -2.57. The minimum atomic E-state index is -1.63. The van der Waals surface area contributed by atoms with Crippen molar-refractivity contribution in [3.63, 3.8) is 0 Å². The molecule has 1 saturated heterocycles. The number of amides is 3. The third kappa shape index (κ3) is 8.64. The Morgan fingerprint density at radius 3 is 2.24 bits per heavy atom. The number of carbonyl (C=O) groups excluding carboxylic acids is 3. The van der Waals surface area contributed by atoms with Gasteiger partial charge < -0.3 is 30.3 Å². The normalized spacial score (nSPS) is 17.4. The van der Waals surface area contributed by atoms with Crippen LogP contribution in [0, 0.1) is 11.8 Å². The Balaban J connectivity index is 2.06. The molecule has 0 bridgehead atoms. The van der Waals surface area contributed by atoms with E-state index in [1.54, 1.807) is 0 Å². The third-order valence-corrected chi connectivity index (χ3v) is 5.78. The minimum absolute atomic E-state index is 0.0803. The molecule has 0 radical (unpaired) electrons. The maximum atomic E-state index is 13.2. The van der Waals surface area contributed by atoms with Crippen molar-refractivity contribution < 1.29 is 29.2 Å². The zero-order chi connectivity index (χ0) is 25.3. The number of likely N-dealkylation sites (tertiary alicyclic amines) is 1. The van der Waals surface area contributed by atoms with E-state index in [0.29, 0.717) is 32.2 Å². The van der Waals surface area contributed by atoms with Crippen LogP contribution >= 0.6 is 0 Å². The van der Waals surface area contributed by atoms with Crippen LogP contribution in [-0.4, -0.2) is 64.5 Å². The topological polar surface area (TPSA) is 128 Å². The van der Waals surface area contributed by atoms with Crippen LogP contribution in [0.3, 0.4) is 0 Å². The van der Waals surface area contributed by atoms with E-state index in [1.165, 1.54) is 4.90 Å². The number of ether oxygens (including phenoxy) is 1. The molecular weight excluding hydrogens is 437 g/mol. The predicted octanol–water partition coefficient (Wildman–Crippen LogP) is 1.86. The number of carbonyl (C=O) groups is 3. The van der Waals surface area contributed by atoms with Crippen LogP contribution in [0.15, 0.2) is 30.3 Å². The fraction of sp³-hybridized carbons (Fsp3) is 0.625. The van der Waals surface area contributed by atoms with E-state index in [2.05, 4.69) is 10.6 Å². The van der Waals surface area contributed by atoms with E-state index in [-0.39, 0.29) is 24.3 Å². The first-order chi connectivity index (χ1) is 16.1. The zero-order valence-corrected chi connectivity index (χ0v) is 20.6. The first kappa shape index (κ1) is 27.7. The molecule has 0 aromatic heterocycles. The Bertz CT molecular complexity index is 805. The Hall–Kier alpha value is -2.59. The summed E-state index contributed by atoms with van der Waals surface area (Å²) >= 11 is 0. The first-order valence-corrected chi connectivity index (χ1v) is 12.0. The molecule has 10 heteroatoms. The highest BCUT2D eigenvalue weighted by molar-refractivity contribution is 6.43. The molecule has 1 aliphatic heterocycles. The van der Waals surface area contributed by atoms with E-state index in [0.717, 1.165) is 5.56 Å². The molecule has 1 aromatic carbocycles. The van der Waals surface area contributed by atoms with Gasteiger partial charge in [-0.25, -0.2) is 4.79 Å². The van der Waals surface area contributed by atoms with Crippen LogP contribution in [0.5, 0.6) is 0 Å². The molecule has 188 valence electrons. The Kier molecular flexibility index (Phi) is 10.9. The molecule has 3 atom stereocenters. The Labute approximate surface area is 202 Å². The second-order valence-corrected chi connectivity index (χ2v) is 9.73. The van der Waals surface area contributed by atoms with Gasteiger partial charge in [0.05, 0.1) is 5.94 Å². The molecule has 34 heavy (non-hydrogen) atoms. The van der Waals surface area contributed by atoms with Crippen LogP contribution < -0.4 is 10.6 Å². The number of rotatable bonds is 11. The summed E-state index contributed by atoms with van der Waals surface area (Å²) in [6.45, 7) is 8.25. The van der Waals surface area contributed by atoms with Crippen molar-refractivity contribution in [1.82, 2.24) is 15.5 Å². The number of hydrogen-bond acceptors (Lipinski definition) is 6. The molecule has 0 spiro atoms. The second-order valence-electron chi connectivity index (χ2n) is 9.73. The SMILES string of the molecule is CC(C)C[C@H](NC(=O)OCc1ccccc1)C(=O)N[C@@H](CC(C)C)C(=O)N1CCC[C@H]1B(O)O. The number of nitrogens with one attached hydrogen (secondary N) is 2. The summed E-state index contributed by atoms with van der Waals surface area (Å²) in [5.74, 6) is -1.27. The van der Waals surface area contributed by atoms with Gasteiger partial charge in [0.25, 0.3) is 0 Å². The summed E-state index contributed by atoms with van der Waals surface area (Å²) in [4.78, 5) is 40.2. The van der Waals surface area contributed by atoms with Gasteiger partial charge in [-0.3, -0.25) is 9.59 Å². The van der Waals surface area contributed by atoms with Crippen LogP contribution in [0.4, 0.5) is 4.79 Å². The highest BCUT2D eigenvalue weighted by atomic mass is 16.5. The molecule has 4 N–H and O–H groups in total. The van der Waals surface area contributed by atoms with Crippen LogP contribution in [0.1, 0.15) is 58.9 Å². The van der Waals surface area contributed by atoms with E-state index in [1.807, 2.05) is 58.0 Å². The van der Waals surface area contributed by atoms with Gasteiger partial charge in [0, 0.05) is 6.54 Å². The van der Waals surface area contributed by atoms with Crippen molar-refractivity contribution in [2.24, 2.45) is 11.8 Å². The molecule has 1 heterocycles. The lowest BCUT2D eigenvalue weighted by molar-refractivity contribution is -0.137. The predicted molar refractivity (Wildman–Crippen MR) is 129 cm³/mol. The van der Waals surface area contributed by atoms with Crippen molar-refractivity contribution in [1.29, 1.82) is 0 Å². The molecule has 1 aliphatic rings. The molecule has 1 fully saturated rings. The van der Waals surface area contributed by atoms with E-state index >= 15 is 0 Å². The number of nitrogens with zero attached hydrogens (tertiary/aromatic N) is 1. The Morgan fingerprint density at radius 1 is 1.03 bits per heavy atom. The molecule has 0 unspecified atom stereocenters. The lowest BCUT2D eigenvalue weighted by Gasteiger charge is -2.31. The number of benzene rings is 1. The molecule has 3 amide bonds.